The quantitative estimate of drug-likeness (QED) is 0.268. The maximum atomic E-state index is 12.1. The van der Waals surface area contributed by atoms with Crippen LogP contribution in [0.4, 0.5) is 11.4 Å². The van der Waals surface area contributed by atoms with Gasteiger partial charge in [-0.05, 0) is 67.1 Å². The molecule has 0 radical (unpaired) electrons. The number of hydrazone groups is 1. The Morgan fingerprint density at radius 1 is 1.00 bits per heavy atom. The topological polar surface area (TPSA) is 132 Å². The zero-order valence-electron chi connectivity index (χ0n) is 18.3. The zero-order valence-corrected chi connectivity index (χ0v) is 18.3. The van der Waals surface area contributed by atoms with Crippen LogP contribution in [0.3, 0.4) is 0 Å². The Labute approximate surface area is 195 Å². The van der Waals surface area contributed by atoms with E-state index in [1.165, 1.54) is 30.5 Å². The molecule has 0 bridgehead atoms. The fourth-order valence-corrected chi connectivity index (χ4v) is 2.79. The molecule has 0 heterocycles. The number of carbonyl (C=O) groups is 2. The zero-order chi connectivity index (χ0) is 24.3. The Kier molecular flexibility index (Phi) is 8.28. The summed E-state index contributed by atoms with van der Waals surface area (Å²) in [6.07, 6.45) is 1.41. The van der Waals surface area contributed by atoms with Crippen LogP contribution in [0.15, 0.2) is 77.9 Å². The highest BCUT2D eigenvalue weighted by Gasteiger charge is 2.10. The highest BCUT2D eigenvalue weighted by Crippen LogP contribution is 2.16. The summed E-state index contributed by atoms with van der Waals surface area (Å²) in [5.41, 5.74) is 3.57. The van der Waals surface area contributed by atoms with Crippen LogP contribution in [0.1, 0.15) is 22.8 Å². The fourth-order valence-electron chi connectivity index (χ4n) is 2.79. The molecule has 0 aromatic heterocycles. The van der Waals surface area contributed by atoms with Gasteiger partial charge in [-0.2, -0.15) is 5.10 Å². The van der Waals surface area contributed by atoms with Crippen LogP contribution in [0, 0.1) is 10.1 Å². The standard InChI is InChI=1S/C24H22N4O6/c1-2-33-21-12-8-19(9-13-21)26-23(29)16-34-22-10-6-17(7-11-22)15-25-27-24(30)18-4-3-5-20(14-18)28(31)32/h3-15H,2,16H2,1H3,(H,26,29)(H,27,30)/b25-15-. The minimum atomic E-state index is -0.576. The third-order valence-corrected chi connectivity index (χ3v) is 4.40. The van der Waals surface area contributed by atoms with Crippen LogP contribution in [0.2, 0.25) is 0 Å². The van der Waals surface area contributed by atoms with E-state index in [2.05, 4.69) is 15.8 Å². The van der Waals surface area contributed by atoms with E-state index in [0.29, 0.717) is 23.6 Å². The molecule has 2 amide bonds. The Balaban J connectivity index is 1.45. The van der Waals surface area contributed by atoms with Crippen molar-refractivity contribution >= 4 is 29.4 Å². The van der Waals surface area contributed by atoms with Crippen LogP contribution in [0.25, 0.3) is 0 Å². The number of hydrogen-bond donors (Lipinski definition) is 2. The van der Waals surface area contributed by atoms with Gasteiger partial charge in [-0.1, -0.05) is 6.07 Å². The summed E-state index contributed by atoms with van der Waals surface area (Å²) < 4.78 is 10.8. The van der Waals surface area contributed by atoms with Gasteiger partial charge in [-0.25, -0.2) is 5.43 Å². The molecule has 0 aliphatic carbocycles. The summed E-state index contributed by atoms with van der Waals surface area (Å²) in [5, 5.41) is 17.4. The summed E-state index contributed by atoms with van der Waals surface area (Å²) in [5.74, 6) is 0.334. The highest BCUT2D eigenvalue weighted by molar-refractivity contribution is 5.95. The maximum absolute atomic E-state index is 12.1. The number of rotatable bonds is 10. The summed E-state index contributed by atoms with van der Waals surface area (Å²) in [4.78, 5) is 34.4. The first-order valence-corrected chi connectivity index (χ1v) is 10.3. The van der Waals surface area contributed by atoms with Gasteiger partial charge >= 0.3 is 0 Å². The lowest BCUT2D eigenvalue weighted by atomic mass is 10.2. The molecule has 174 valence electrons. The minimum absolute atomic E-state index is 0.124. The van der Waals surface area contributed by atoms with Crippen LogP contribution >= 0.6 is 0 Å². The number of nitro benzene ring substituents is 1. The van der Waals surface area contributed by atoms with Gasteiger partial charge in [0.1, 0.15) is 11.5 Å². The van der Waals surface area contributed by atoms with E-state index in [1.807, 2.05) is 6.92 Å². The third kappa shape index (κ3) is 7.16. The molecule has 0 saturated heterocycles. The molecule has 0 atom stereocenters. The lowest BCUT2D eigenvalue weighted by Gasteiger charge is -2.08. The van der Waals surface area contributed by atoms with Gasteiger partial charge < -0.3 is 14.8 Å². The number of benzene rings is 3. The van der Waals surface area contributed by atoms with Crippen molar-refractivity contribution in [2.45, 2.75) is 6.92 Å². The smallest absolute Gasteiger partial charge is 0.271 e. The molecule has 3 aromatic carbocycles. The van der Waals surface area contributed by atoms with E-state index >= 15 is 0 Å². The number of non-ortho nitro benzene ring substituents is 1. The summed E-state index contributed by atoms with van der Waals surface area (Å²) in [6.45, 7) is 2.30. The van der Waals surface area contributed by atoms with Crippen molar-refractivity contribution in [2.75, 3.05) is 18.5 Å². The third-order valence-electron chi connectivity index (χ3n) is 4.40. The Hall–Kier alpha value is -4.73. The van der Waals surface area contributed by atoms with Gasteiger partial charge in [0, 0.05) is 23.4 Å². The number of ether oxygens (including phenoxy) is 2. The normalized spacial score (nSPS) is 10.5. The second-order valence-corrected chi connectivity index (χ2v) is 6.87. The number of anilines is 1. The molecule has 0 fully saturated rings. The second-order valence-electron chi connectivity index (χ2n) is 6.87. The van der Waals surface area contributed by atoms with Crippen molar-refractivity contribution in [1.82, 2.24) is 5.43 Å². The molecule has 10 heteroatoms. The molecule has 34 heavy (non-hydrogen) atoms. The van der Waals surface area contributed by atoms with E-state index in [9.17, 15) is 19.7 Å². The van der Waals surface area contributed by atoms with Crippen molar-refractivity contribution in [3.8, 4) is 11.5 Å². The first-order valence-electron chi connectivity index (χ1n) is 10.3. The molecule has 0 spiro atoms. The first kappa shape index (κ1) is 23.9. The van der Waals surface area contributed by atoms with E-state index in [0.717, 1.165) is 5.75 Å². The summed E-state index contributed by atoms with van der Waals surface area (Å²) in [6, 6.07) is 19.1. The van der Waals surface area contributed by atoms with E-state index in [-0.39, 0.29) is 23.8 Å². The lowest BCUT2D eigenvalue weighted by molar-refractivity contribution is -0.384. The van der Waals surface area contributed by atoms with Crippen LogP contribution in [-0.4, -0.2) is 36.2 Å². The van der Waals surface area contributed by atoms with E-state index < -0.39 is 10.8 Å². The number of amides is 2. The molecule has 0 unspecified atom stereocenters. The molecule has 0 aliphatic heterocycles. The predicted molar refractivity (Wildman–Crippen MR) is 126 cm³/mol. The molecule has 3 aromatic rings. The monoisotopic (exact) mass is 462 g/mol. The molecule has 0 saturated carbocycles. The number of nitrogens with zero attached hydrogens (tertiary/aromatic N) is 2. The van der Waals surface area contributed by atoms with E-state index in [1.54, 1.807) is 48.5 Å². The molecular weight excluding hydrogens is 440 g/mol. The van der Waals surface area contributed by atoms with Crippen LogP contribution in [0.5, 0.6) is 11.5 Å². The number of nitrogens with one attached hydrogen (secondary N) is 2. The van der Waals surface area contributed by atoms with Gasteiger partial charge in [0.25, 0.3) is 17.5 Å². The summed E-state index contributed by atoms with van der Waals surface area (Å²) in [7, 11) is 0. The number of nitro groups is 1. The van der Waals surface area contributed by atoms with Crippen molar-refractivity contribution in [3.63, 3.8) is 0 Å². The average molecular weight is 462 g/mol. The highest BCUT2D eigenvalue weighted by atomic mass is 16.6. The molecule has 2 N–H and O–H groups in total. The number of carbonyl (C=O) groups excluding carboxylic acids is 2. The van der Waals surface area contributed by atoms with Gasteiger partial charge in [-0.3, -0.25) is 19.7 Å². The van der Waals surface area contributed by atoms with E-state index in [4.69, 9.17) is 9.47 Å². The first-order chi connectivity index (χ1) is 16.4. The van der Waals surface area contributed by atoms with Gasteiger partial charge in [0.2, 0.25) is 0 Å². The number of hydrogen-bond acceptors (Lipinski definition) is 7. The Morgan fingerprint density at radius 3 is 2.35 bits per heavy atom. The van der Waals surface area contributed by atoms with Crippen molar-refractivity contribution in [2.24, 2.45) is 5.10 Å². The van der Waals surface area contributed by atoms with Gasteiger partial charge in [0.15, 0.2) is 6.61 Å². The van der Waals surface area contributed by atoms with Crippen molar-refractivity contribution < 1.29 is 24.0 Å². The molecule has 0 aliphatic rings. The van der Waals surface area contributed by atoms with Gasteiger partial charge in [-0.15, -0.1) is 0 Å². The Bertz CT molecular complexity index is 1180. The SMILES string of the molecule is CCOc1ccc(NC(=O)COc2ccc(/C=N\NC(=O)c3cccc([N+](=O)[O-])c3)cc2)cc1. The van der Waals surface area contributed by atoms with Gasteiger partial charge in [0.05, 0.1) is 17.7 Å². The molecular formula is C24H22N4O6. The molecule has 10 nitrogen and oxygen atoms in total. The second kappa shape index (κ2) is 11.8. The largest absolute Gasteiger partial charge is 0.494 e. The maximum Gasteiger partial charge on any atom is 0.271 e. The van der Waals surface area contributed by atoms with Crippen LogP contribution < -0.4 is 20.2 Å². The van der Waals surface area contributed by atoms with Crippen molar-refractivity contribution in [3.05, 3.63) is 94.0 Å². The minimum Gasteiger partial charge on any atom is -0.494 e. The van der Waals surface area contributed by atoms with Crippen LogP contribution in [-0.2, 0) is 4.79 Å². The van der Waals surface area contributed by atoms with Crippen molar-refractivity contribution in [1.29, 1.82) is 0 Å². The summed E-state index contributed by atoms with van der Waals surface area (Å²) >= 11 is 0. The lowest BCUT2D eigenvalue weighted by Crippen LogP contribution is -2.20. The Morgan fingerprint density at radius 2 is 1.68 bits per heavy atom. The molecule has 3 rings (SSSR count). The predicted octanol–water partition coefficient (Wildman–Crippen LogP) is 3.77. The fraction of sp³-hybridized carbons (Fsp3) is 0.125. The average Bonchev–Trinajstić information content (AvgIpc) is 2.85.